The summed E-state index contributed by atoms with van der Waals surface area (Å²) >= 11 is 0. The summed E-state index contributed by atoms with van der Waals surface area (Å²) in [6.07, 6.45) is 2.29. The Morgan fingerprint density at radius 2 is 2.11 bits per heavy atom. The fourth-order valence-corrected chi connectivity index (χ4v) is 1.43. The van der Waals surface area contributed by atoms with Crippen molar-refractivity contribution in [2.45, 2.75) is 51.8 Å². The molecule has 1 amide bonds. The van der Waals surface area contributed by atoms with E-state index in [0.29, 0.717) is 6.54 Å². The van der Waals surface area contributed by atoms with Crippen LogP contribution in [0.2, 0.25) is 0 Å². The number of ether oxygens (including phenoxy) is 1. The third-order valence-electron chi connectivity index (χ3n) is 2.36. The Balaban J connectivity index is 4.13. The van der Waals surface area contributed by atoms with E-state index in [4.69, 9.17) is 10.5 Å². The van der Waals surface area contributed by atoms with Gasteiger partial charge in [-0.2, -0.15) is 0 Å². The zero-order valence-corrected chi connectivity index (χ0v) is 12.0. The molecule has 0 bridgehead atoms. The van der Waals surface area contributed by atoms with Gasteiger partial charge in [-0.15, -0.1) is 6.58 Å². The van der Waals surface area contributed by atoms with Gasteiger partial charge in [0.25, 0.3) is 0 Å². The summed E-state index contributed by atoms with van der Waals surface area (Å²) in [5.41, 5.74) is 5.19. The van der Waals surface area contributed by atoms with E-state index in [1.807, 2.05) is 33.8 Å². The Morgan fingerprint density at radius 1 is 1.50 bits per heavy atom. The minimum absolute atomic E-state index is 0.0254. The highest BCUT2D eigenvalue weighted by Gasteiger charge is 2.21. The van der Waals surface area contributed by atoms with Crippen LogP contribution in [-0.4, -0.2) is 36.9 Å². The molecule has 0 aromatic heterocycles. The molecular formula is C13H27N3O2. The van der Waals surface area contributed by atoms with Crippen LogP contribution < -0.4 is 16.4 Å². The van der Waals surface area contributed by atoms with Crippen LogP contribution in [0.25, 0.3) is 0 Å². The maximum absolute atomic E-state index is 11.6. The lowest BCUT2D eigenvalue weighted by molar-refractivity contribution is 0.0499. The Hall–Kier alpha value is -1.07. The van der Waals surface area contributed by atoms with Crippen LogP contribution in [0.1, 0.15) is 34.1 Å². The molecule has 0 aromatic rings. The zero-order valence-electron chi connectivity index (χ0n) is 12.0. The van der Waals surface area contributed by atoms with Crippen molar-refractivity contribution >= 4 is 6.09 Å². The van der Waals surface area contributed by atoms with Crippen LogP contribution in [0, 0.1) is 0 Å². The molecule has 0 spiro atoms. The average molecular weight is 257 g/mol. The van der Waals surface area contributed by atoms with Crippen molar-refractivity contribution in [1.29, 1.82) is 0 Å². The molecule has 0 heterocycles. The number of alkyl carbamates (subject to hydrolysis) is 1. The lowest BCUT2D eigenvalue weighted by atomic mass is 10.1. The van der Waals surface area contributed by atoms with Crippen LogP contribution in [0.15, 0.2) is 12.7 Å². The summed E-state index contributed by atoms with van der Waals surface area (Å²) in [7, 11) is 0. The maximum atomic E-state index is 11.6. The van der Waals surface area contributed by atoms with Gasteiger partial charge in [-0.05, 0) is 40.7 Å². The zero-order chi connectivity index (χ0) is 14.2. The Kier molecular flexibility index (Phi) is 7.62. The average Bonchev–Trinajstić information content (AvgIpc) is 2.21. The van der Waals surface area contributed by atoms with Crippen LogP contribution in [0.5, 0.6) is 0 Å². The molecule has 0 aliphatic rings. The molecule has 5 heteroatoms. The molecule has 0 saturated carbocycles. The third-order valence-corrected chi connectivity index (χ3v) is 2.36. The number of nitrogens with one attached hydrogen (secondary N) is 2. The summed E-state index contributed by atoms with van der Waals surface area (Å²) in [6.45, 7) is 12.3. The molecule has 0 aliphatic carbocycles. The highest BCUT2D eigenvalue weighted by Crippen LogP contribution is 2.07. The quantitative estimate of drug-likeness (QED) is 0.476. The second-order valence-corrected chi connectivity index (χ2v) is 5.31. The molecule has 4 N–H and O–H groups in total. The van der Waals surface area contributed by atoms with Gasteiger partial charge in [-0.25, -0.2) is 4.79 Å². The normalized spacial score (nSPS) is 14.7. The largest absolute Gasteiger partial charge is 0.444 e. The number of hydrogen-bond donors (Lipinski definition) is 3. The van der Waals surface area contributed by atoms with Crippen molar-refractivity contribution in [2.24, 2.45) is 5.73 Å². The van der Waals surface area contributed by atoms with E-state index in [2.05, 4.69) is 17.2 Å². The number of carbonyl (C=O) groups is 1. The van der Waals surface area contributed by atoms with E-state index in [1.165, 1.54) is 0 Å². The molecule has 0 rings (SSSR count). The van der Waals surface area contributed by atoms with E-state index >= 15 is 0 Å². The number of hydrogen-bond acceptors (Lipinski definition) is 4. The van der Waals surface area contributed by atoms with Crippen molar-refractivity contribution in [3.8, 4) is 0 Å². The monoisotopic (exact) mass is 257 g/mol. The van der Waals surface area contributed by atoms with Gasteiger partial charge in [0, 0.05) is 18.6 Å². The summed E-state index contributed by atoms with van der Waals surface area (Å²) in [6, 6.07) is -0.0628. The van der Waals surface area contributed by atoms with Crippen molar-refractivity contribution in [3.63, 3.8) is 0 Å². The summed E-state index contributed by atoms with van der Waals surface area (Å²) in [5, 5.41) is 6.06. The number of carbonyl (C=O) groups excluding carboxylic acids is 1. The molecular weight excluding hydrogens is 230 g/mol. The van der Waals surface area contributed by atoms with E-state index in [-0.39, 0.29) is 12.1 Å². The van der Waals surface area contributed by atoms with Crippen molar-refractivity contribution in [2.75, 3.05) is 13.1 Å². The minimum Gasteiger partial charge on any atom is -0.444 e. The van der Waals surface area contributed by atoms with Crippen LogP contribution in [-0.2, 0) is 4.74 Å². The molecule has 106 valence electrons. The third kappa shape index (κ3) is 8.08. The van der Waals surface area contributed by atoms with Gasteiger partial charge in [0.1, 0.15) is 5.60 Å². The van der Waals surface area contributed by atoms with Gasteiger partial charge < -0.3 is 21.1 Å². The Labute approximate surface area is 110 Å². The van der Waals surface area contributed by atoms with Gasteiger partial charge in [0.15, 0.2) is 0 Å². The summed E-state index contributed by atoms with van der Waals surface area (Å²) < 4.78 is 5.19. The molecule has 2 unspecified atom stereocenters. The van der Waals surface area contributed by atoms with Gasteiger partial charge in [0.05, 0.1) is 0 Å². The van der Waals surface area contributed by atoms with E-state index in [9.17, 15) is 4.79 Å². The molecule has 0 fully saturated rings. The molecule has 0 radical (unpaired) electrons. The van der Waals surface area contributed by atoms with E-state index < -0.39 is 11.7 Å². The highest BCUT2D eigenvalue weighted by atomic mass is 16.6. The van der Waals surface area contributed by atoms with Crippen LogP contribution >= 0.6 is 0 Å². The van der Waals surface area contributed by atoms with Crippen molar-refractivity contribution in [3.05, 3.63) is 12.7 Å². The molecule has 0 saturated heterocycles. The minimum atomic E-state index is -0.488. The van der Waals surface area contributed by atoms with Gasteiger partial charge in [-0.3, -0.25) is 0 Å². The first kappa shape index (κ1) is 16.9. The standard InChI is InChI=1S/C13H27N3O2/c1-6-7-8-15-11(9-14)10(2)16-12(17)18-13(3,4)5/h6,10-11,15H,1,7-9,14H2,2-5H3,(H,16,17). The van der Waals surface area contributed by atoms with E-state index in [1.54, 1.807) is 0 Å². The molecule has 2 atom stereocenters. The summed E-state index contributed by atoms with van der Waals surface area (Å²) in [4.78, 5) is 11.6. The lowest BCUT2D eigenvalue weighted by Crippen LogP contribution is -2.52. The van der Waals surface area contributed by atoms with E-state index in [0.717, 1.165) is 13.0 Å². The molecule has 5 nitrogen and oxygen atoms in total. The van der Waals surface area contributed by atoms with Gasteiger partial charge in [-0.1, -0.05) is 6.08 Å². The predicted octanol–water partition coefficient (Wildman–Crippen LogP) is 1.39. The maximum Gasteiger partial charge on any atom is 0.407 e. The predicted molar refractivity (Wildman–Crippen MR) is 74.5 cm³/mol. The van der Waals surface area contributed by atoms with Crippen LogP contribution in [0.4, 0.5) is 4.79 Å². The van der Waals surface area contributed by atoms with Crippen LogP contribution in [0.3, 0.4) is 0 Å². The first-order valence-electron chi connectivity index (χ1n) is 6.34. The Morgan fingerprint density at radius 3 is 2.56 bits per heavy atom. The first-order chi connectivity index (χ1) is 8.30. The van der Waals surface area contributed by atoms with Gasteiger partial charge >= 0.3 is 6.09 Å². The summed E-state index contributed by atoms with van der Waals surface area (Å²) in [5.74, 6) is 0. The lowest BCUT2D eigenvalue weighted by Gasteiger charge is -2.26. The van der Waals surface area contributed by atoms with Crippen molar-refractivity contribution < 1.29 is 9.53 Å². The van der Waals surface area contributed by atoms with Gasteiger partial charge in [0.2, 0.25) is 0 Å². The topological polar surface area (TPSA) is 76.4 Å². The number of amides is 1. The number of nitrogens with two attached hydrogens (primary N) is 1. The second-order valence-electron chi connectivity index (χ2n) is 5.31. The molecule has 18 heavy (non-hydrogen) atoms. The number of rotatable bonds is 7. The fourth-order valence-electron chi connectivity index (χ4n) is 1.43. The van der Waals surface area contributed by atoms with Crippen molar-refractivity contribution in [1.82, 2.24) is 10.6 Å². The molecule has 0 aliphatic heterocycles. The smallest absolute Gasteiger partial charge is 0.407 e. The second kappa shape index (κ2) is 8.11. The SMILES string of the molecule is C=CCCNC(CN)C(C)NC(=O)OC(C)(C)C. The fraction of sp³-hybridized carbons (Fsp3) is 0.769. The Bertz CT molecular complexity index is 261. The first-order valence-corrected chi connectivity index (χ1v) is 6.34. The highest BCUT2D eigenvalue weighted by molar-refractivity contribution is 5.68. The molecule has 0 aromatic carbocycles.